The summed E-state index contributed by atoms with van der Waals surface area (Å²) in [5.41, 5.74) is 8.13. The van der Waals surface area contributed by atoms with Crippen LogP contribution in [0.5, 0.6) is 0 Å². The molecule has 100 valence electrons. The molecule has 0 spiro atoms. The lowest BCUT2D eigenvalue weighted by atomic mass is 10.2. The average molecular weight is 314 g/mol. The number of hydrogen-bond donors (Lipinski definition) is 1. The fraction of sp³-hybridized carbons (Fsp3) is 0.143. The maximum absolute atomic E-state index is 12.2. The zero-order valence-corrected chi connectivity index (χ0v) is 12.4. The highest BCUT2D eigenvalue weighted by atomic mass is 35.5. The minimum absolute atomic E-state index is 0.373. The number of nitrogens with two attached hydrogens (primary N) is 1. The molecule has 2 aromatic carbocycles. The Kier molecular flexibility index (Phi) is 4.86. The highest BCUT2D eigenvalue weighted by Gasteiger charge is 2.09. The van der Waals surface area contributed by atoms with Crippen LogP contribution in [0.4, 0.5) is 5.69 Å². The van der Waals surface area contributed by atoms with E-state index in [4.69, 9.17) is 28.9 Å². The van der Waals surface area contributed by atoms with E-state index in [1.165, 1.54) is 0 Å². The molecule has 2 rings (SSSR count). The zero-order chi connectivity index (χ0) is 13.8. The van der Waals surface area contributed by atoms with Crippen molar-refractivity contribution >= 4 is 39.7 Å². The molecule has 0 radical (unpaired) electrons. The van der Waals surface area contributed by atoms with Crippen LogP contribution in [0.2, 0.25) is 10.0 Å². The second kappa shape index (κ2) is 6.42. The van der Waals surface area contributed by atoms with Gasteiger partial charge in [-0.3, -0.25) is 4.21 Å². The average Bonchev–Trinajstić information content (AvgIpc) is 2.37. The molecule has 5 heteroatoms. The van der Waals surface area contributed by atoms with E-state index < -0.39 is 10.8 Å². The van der Waals surface area contributed by atoms with Crippen molar-refractivity contribution in [2.45, 2.75) is 11.5 Å². The van der Waals surface area contributed by atoms with Gasteiger partial charge in [-0.15, -0.1) is 0 Å². The topological polar surface area (TPSA) is 43.1 Å². The number of halogens is 2. The van der Waals surface area contributed by atoms with E-state index >= 15 is 0 Å². The van der Waals surface area contributed by atoms with Gasteiger partial charge in [0.05, 0.1) is 11.5 Å². The van der Waals surface area contributed by atoms with Gasteiger partial charge in [0, 0.05) is 26.5 Å². The van der Waals surface area contributed by atoms with Gasteiger partial charge in [0.15, 0.2) is 0 Å². The molecule has 0 fully saturated rings. The third-order valence-electron chi connectivity index (χ3n) is 2.70. The van der Waals surface area contributed by atoms with Crippen molar-refractivity contribution in [3.8, 4) is 0 Å². The maximum Gasteiger partial charge on any atom is 0.0509 e. The Hall–Kier alpha value is -1.03. The molecule has 0 heterocycles. The number of anilines is 1. The van der Waals surface area contributed by atoms with Crippen molar-refractivity contribution < 1.29 is 4.21 Å². The molecule has 19 heavy (non-hydrogen) atoms. The lowest BCUT2D eigenvalue weighted by Crippen LogP contribution is -2.03. The molecule has 2 aromatic rings. The first-order valence-corrected chi connectivity index (χ1v) is 7.93. The zero-order valence-electron chi connectivity index (χ0n) is 10.1. The molecule has 0 saturated heterocycles. The lowest BCUT2D eigenvalue weighted by Gasteiger charge is -2.07. The third kappa shape index (κ3) is 3.96. The van der Waals surface area contributed by atoms with E-state index in [0.29, 0.717) is 27.2 Å². The van der Waals surface area contributed by atoms with Gasteiger partial charge in [0.2, 0.25) is 0 Å². The maximum atomic E-state index is 12.2. The minimum atomic E-state index is -1.07. The van der Waals surface area contributed by atoms with Gasteiger partial charge < -0.3 is 5.73 Å². The summed E-state index contributed by atoms with van der Waals surface area (Å²) in [5, 5.41) is 1.23. The molecule has 0 aliphatic carbocycles. The predicted molar refractivity (Wildman–Crippen MR) is 82.9 cm³/mol. The summed E-state index contributed by atoms with van der Waals surface area (Å²) < 4.78 is 12.2. The van der Waals surface area contributed by atoms with Gasteiger partial charge >= 0.3 is 0 Å². The SMILES string of the molecule is Nc1ccc(Cl)cc1CS(=O)Cc1ccccc1Cl. The molecule has 0 amide bonds. The number of nitrogen functional groups attached to an aromatic ring is 1. The van der Waals surface area contributed by atoms with Crippen molar-refractivity contribution in [1.29, 1.82) is 0 Å². The minimum Gasteiger partial charge on any atom is -0.398 e. The van der Waals surface area contributed by atoms with Crippen molar-refractivity contribution in [3.63, 3.8) is 0 Å². The highest BCUT2D eigenvalue weighted by molar-refractivity contribution is 7.83. The van der Waals surface area contributed by atoms with Gasteiger partial charge in [-0.05, 0) is 35.4 Å². The fourth-order valence-electron chi connectivity index (χ4n) is 1.71. The van der Waals surface area contributed by atoms with Crippen LogP contribution in [0.3, 0.4) is 0 Å². The van der Waals surface area contributed by atoms with Gasteiger partial charge in [0.1, 0.15) is 0 Å². The molecule has 2 nitrogen and oxygen atoms in total. The van der Waals surface area contributed by atoms with E-state index in [1.54, 1.807) is 24.3 Å². The first-order chi connectivity index (χ1) is 9.06. The van der Waals surface area contributed by atoms with Crippen LogP contribution in [0.15, 0.2) is 42.5 Å². The summed E-state index contributed by atoms with van der Waals surface area (Å²) in [4.78, 5) is 0. The van der Waals surface area contributed by atoms with Crippen molar-refractivity contribution in [2.75, 3.05) is 5.73 Å². The summed E-state index contributed by atoms with van der Waals surface area (Å²) in [7, 11) is -1.07. The number of hydrogen-bond acceptors (Lipinski definition) is 2. The predicted octanol–water partition coefficient (Wildman–Crippen LogP) is 4.02. The fourth-order valence-corrected chi connectivity index (χ4v) is 3.49. The summed E-state index contributed by atoms with van der Waals surface area (Å²) in [6.07, 6.45) is 0. The van der Waals surface area contributed by atoms with E-state index in [9.17, 15) is 4.21 Å². The summed E-state index contributed by atoms with van der Waals surface area (Å²) >= 11 is 12.0. The number of benzene rings is 2. The Balaban J connectivity index is 2.10. The van der Waals surface area contributed by atoms with Crippen LogP contribution in [0, 0.1) is 0 Å². The Bertz CT molecular complexity index is 616. The third-order valence-corrected chi connectivity index (χ3v) is 4.57. The van der Waals surface area contributed by atoms with Crippen LogP contribution < -0.4 is 5.73 Å². The molecule has 1 atom stereocenters. The molecular formula is C14H13Cl2NOS. The smallest absolute Gasteiger partial charge is 0.0509 e. The van der Waals surface area contributed by atoms with Crippen molar-refractivity contribution in [2.24, 2.45) is 0 Å². The van der Waals surface area contributed by atoms with Crippen molar-refractivity contribution in [1.82, 2.24) is 0 Å². The summed E-state index contributed by atoms with van der Waals surface area (Å²) in [6.45, 7) is 0. The molecule has 2 N–H and O–H groups in total. The molecule has 0 aliphatic rings. The Morgan fingerprint density at radius 2 is 1.68 bits per heavy atom. The quantitative estimate of drug-likeness (QED) is 0.866. The van der Waals surface area contributed by atoms with E-state index in [1.807, 2.05) is 18.2 Å². The van der Waals surface area contributed by atoms with Crippen LogP contribution in [-0.4, -0.2) is 4.21 Å². The van der Waals surface area contributed by atoms with Gasteiger partial charge in [-0.25, -0.2) is 0 Å². The molecule has 0 saturated carbocycles. The molecule has 0 aliphatic heterocycles. The molecule has 0 bridgehead atoms. The number of rotatable bonds is 4. The largest absolute Gasteiger partial charge is 0.398 e. The van der Waals surface area contributed by atoms with Crippen molar-refractivity contribution in [3.05, 3.63) is 63.6 Å². The first kappa shape index (κ1) is 14.4. The van der Waals surface area contributed by atoms with Gasteiger partial charge in [-0.1, -0.05) is 41.4 Å². The van der Waals surface area contributed by atoms with Crippen LogP contribution in [0.1, 0.15) is 11.1 Å². The summed E-state index contributed by atoms with van der Waals surface area (Å²) in [5.74, 6) is 0.781. The Morgan fingerprint density at radius 3 is 2.42 bits per heavy atom. The summed E-state index contributed by atoms with van der Waals surface area (Å²) in [6, 6.07) is 12.6. The highest BCUT2D eigenvalue weighted by Crippen LogP contribution is 2.22. The second-order valence-electron chi connectivity index (χ2n) is 4.16. The van der Waals surface area contributed by atoms with Crippen LogP contribution >= 0.6 is 23.2 Å². The van der Waals surface area contributed by atoms with E-state index in [-0.39, 0.29) is 0 Å². The van der Waals surface area contributed by atoms with Gasteiger partial charge in [0.25, 0.3) is 0 Å². The van der Waals surface area contributed by atoms with Gasteiger partial charge in [-0.2, -0.15) is 0 Å². The van der Waals surface area contributed by atoms with Crippen LogP contribution in [-0.2, 0) is 22.3 Å². The van der Waals surface area contributed by atoms with E-state index in [0.717, 1.165) is 11.1 Å². The second-order valence-corrected chi connectivity index (χ2v) is 6.46. The standard InChI is InChI=1S/C14H13Cl2NOS/c15-12-5-6-14(17)11(7-12)9-19(18)8-10-3-1-2-4-13(10)16/h1-7H,8-9,17H2. The van der Waals surface area contributed by atoms with Crippen LogP contribution in [0.25, 0.3) is 0 Å². The molecule has 0 aromatic heterocycles. The normalized spacial score (nSPS) is 12.3. The first-order valence-electron chi connectivity index (χ1n) is 5.68. The molecular weight excluding hydrogens is 301 g/mol. The Morgan fingerprint density at radius 1 is 1.00 bits per heavy atom. The monoisotopic (exact) mass is 313 g/mol. The van der Waals surface area contributed by atoms with E-state index in [2.05, 4.69) is 0 Å². The molecule has 1 unspecified atom stereocenters. The lowest BCUT2D eigenvalue weighted by molar-refractivity contribution is 0.682. The Labute approximate surface area is 125 Å².